The van der Waals surface area contributed by atoms with Crippen molar-refractivity contribution in [1.82, 2.24) is 0 Å². The van der Waals surface area contributed by atoms with Crippen LogP contribution in [0.4, 0.5) is 0 Å². The molecule has 6 radical (unpaired) electrons. The van der Waals surface area contributed by atoms with Gasteiger partial charge < -0.3 is 49.1 Å². The Morgan fingerprint density at radius 1 is 0.641 bits per heavy atom. The number of rotatable bonds is 18. The molecule has 10 nitrogen and oxygen atoms in total. The first-order valence-corrected chi connectivity index (χ1v) is 17.3. The molecule has 2 atom stereocenters. The summed E-state index contributed by atoms with van der Waals surface area (Å²) in [6, 6.07) is 0. The molecule has 39 heavy (non-hydrogen) atoms. The average molecular weight is 661 g/mol. The Labute approximate surface area is 244 Å². The summed E-state index contributed by atoms with van der Waals surface area (Å²) in [5.74, 6) is -5.92. The predicted molar refractivity (Wildman–Crippen MR) is 142 cm³/mol. The number of hydrogen-bond donors (Lipinski definition) is 0. The third-order valence-corrected chi connectivity index (χ3v) is 9.87. The Balaban J connectivity index is -0.000000516. The van der Waals surface area contributed by atoms with Crippen molar-refractivity contribution in [2.45, 2.75) is 114 Å². The van der Waals surface area contributed by atoms with E-state index in [1.54, 1.807) is 22.7 Å². The molecule has 0 fully saturated rings. The van der Waals surface area contributed by atoms with Crippen LogP contribution < -0.4 is 20.4 Å². The summed E-state index contributed by atoms with van der Waals surface area (Å²) < 4.78 is 13.1. The first-order valence-electron chi connectivity index (χ1n) is 13.2. The Morgan fingerprint density at radius 3 is 1.15 bits per heavy atom. The molecular weight excluding hydrogens is 615 g/mol. The molecule has 0 saturated carbocycles. The molecule has 0 aliphatic heterocycles. The van der Waals surface area contributed by atoms with E-state index in [-0.39, 0.29) is 68.5 Å². The van der Waals surface area contributed by atoms with Crippen molar-refractivity contribution in [2.24, 2.45) is 0 Å². The van der Waals surface area contributed by atoms with Gasteiger partial charge in [0.25, 0.3) is 0 Å². The molecule has 0 N–H and O–H groups in total. The molecule has 11 heteroatoms. The van der Waals surface area contributed by atoms with Crippen LogP contribution in [0.15, 0.2) is 22.3 Å². The van der Waals surface area contributed by atoms with E-state index in [0.29, 0.717) is 12.8 Å². The van der Waals surface area contributed by atoms with E-state index >= 15 is 0 Å². The van der Waals surface area contributed by atoms with Crippen LogP contribution in [0.3, 0.4) is 0 Å². The number of carbonyl (C=O) groups excluding carboxylic acids is 4. The van der Waals surface area contributed by atoms with Crippen LogP contribution in [0.5, 0.6) is 0 Å². The minimum Gasteiger partial charge on any atom is -0.545 e. The number of hydrogen-bond acceptors (Lipinski definition) is 10. The van der Waals surface area contributed by atoms with Crippen LogP contribution in [0.2, 0.25) is 8.87 Å². The van der Waals surface area contributed by atoms with Gasteiger partial charge in [-0.3, -0.25) is 0 Å². The Hall–Kier alpha value is -1.92. The molecule has 2 unspecified atom stereocenters. The fraction of sp³-hybridized carbons (Fsp3) is 0.714. The topological polar surface area (TPSA) is 179 Å². The minimum atomic E-state index is -1.49. The van der Waals surface area contributed by atoms with Gasteiger partial charge in [0.05, 0.1) is 36.1 Å². The monoisotopic (exact) mass is 662 g/mol. The van der Waals surface area contributed by atoms with Crippen molar-refractivity contribution >= 4 is 45.0 Å². The molecule has 0 aromatic carbocycles. The largest absolute Gasteiger partial charge is 0.545 e. The third kappa shape index (κ3) is 23.7. The number of carboxylic acids is 4. The second kappa shape index (κ2) is 26.3. The molecule has 0 aliphatic rings. The Morgan fingerprint density at radius 2 is 0.949 bits per heavy atom. The second-order valence-electron chi connectivity index (χ2n) is 8.98. The smallest absolute Gasteiger partial charge is 0.0678 e. The standard InChI is InChI=1S/2C10H16O5.2C4H9.Sn/c2*1-6(15-3)4-5-8(10(13)14)7(2)9(11)12;2*1-3-4-2;/h2*6H,4-5H2,1-3H3,(H,11,12)(H,13,14);2*1,3-4H2,2H3;/q;;;;+4/p-4/b2*8-7-;;;. The van der Waals surface area contributed by atoms with Crippen LogP contribution in [0.1, 0.15) is 92.9 Å². The zero-order valence-corrected chi connectivity index (χ0v) is 27.7. The van der Waals surface area contributed by atoms with Gasteiger partial charge in [0, 0.05) is 14.2 Å². The fourth-order valence-corrected chi connectivity index (χ4v) is 6.95. The zero-order chi connectivity index (χ0) is 31.0. The molecule has 0 aliphatic carbocycles. The number of carboxylic acid groups (broad SMARTS) is 4. The number of carbonyl (C=O) groups is 4. The Bertz CT molecular complexity index is 725. The van der Waals surface area contributed by atoms with Crippen LogP contribution in [-0.4, -0.2) is 71.4 Å². The van der Waals surface area contributed by atoms with Crippen molar-refractivity contribution in [2.75, 3.05) is 14.2 Å². The molecular formula is C28H46O10Sn. The van der Waals surface area contributed by atoms with E-state index in [2.05, 4.69) is 13.8 Å². The van der Waals surface area contributed by atoms with Gasteiger partial charge in [0.1, 0.15) is 0 Å². The molecule has 0 amide bonds. The maximum absolute atomic E-state index is 10.6. The summed E-state index contributed by atoms with van der Waals surface area (Å²) in [7, 11) is 3.00. The SMILES string of the molecule is CCC[CH2][Sn+4][CH2]CCC.COC(C)CC/C(C(=O)[O-])=C(\C)C(=O)[O-].COC(C)CC/C(C(=O)[O-])=C(\C)C(=O)[O-]. The van der Waals surface area contributed by atoms with Crippen LogP contribution in [0.25, 0.3) is 0 Å². The summed E-state index contributed by atoms with van der Waals surface area (Å²) >= 11 is 0.149. The van der Waals surface area contributed by atoms with E-state index in [1.165, 1.54) is 53.8 Å². The molecule has 0 bridgehead atoms. The first-order chi connectivity index (χ1) is 18.2. The van der Waals surface area contributed by atoms with Crippen molar-refractivity contribution in [1.29, 1.82) is 0 Å². The van der Waals surface area contributed by atoms with Gasteiger partial charge in [-0.05, 0) is 75.7 Å². The molecule has 0 spiro atoms. The average Bonchev–Trinajstić information content (AvgIpc) is 2.88. The van der Waals surface area contributed by atoms with Gasteiger partial charge in [-0.2, -0.15) is 0 Å². The molecule has 0 aromatic rings. The summed E-state index contributed by atoms with van der Waals surface area (Å²) in [5, 5.41) is 42.2. The number of aliphatic carboxylic acids is 4. The van der Waals surface area contributed by atoms with Gasteiger partial charge in [-0.1, -0.05) is 0 Å². The van der Waals surface area contributed by atoms with Gasteiger partial charge >= 0.3 is 69.5 Å². The van der Waals surface area contributed by atoms with Gasteiger partial charge in [-0.15, -0.1) is 0 Å². The zero-order valence-electron chi connectivity index (χ0n) is 24.8. The molecule has 0 heterocycles. The van der Waals surface area contributed by atoms with Crippen molar-refractivity contribution in [3.8, 4) is 0 Å². The van der Waals surface area contributed by atoms with E-state index in [1.807, 2.05) is 0 Å². The number of unbranched alkanes of at least 4 members (excludes halogenated alkanes) is 2. The van der Waals surface area contributed by atoms with Crippen molar-refractivity contribution in [3.63, 3.8) is 0 Å². The molecule has 0 aromatic heterocycles. The van der Waals surface area contributed by atoms with E-state index in [4.69, 9.17) is 9.47 Å². The number of ether oxygens (including phenoxy) is 2. The Kier molecular flexibility index (Phi) is 28.0. The predicted octanol–water partition coefficient (Wildman–Crippen LogP) is 0.363. The summed E-state index contributed by atoms with van der Waals surface area (Å²) in [6.45, 7) is 10.5. The molecule has 0 rings (SSSR count). The third-order valence-electron chi connectivity index (χ3n) is 5.83. The fourth-order valence-electron chi connectivity index (χ4n) is 2.79. The minimum absolute atomic E-state index is 0.0944. The maximum Gasteiger partial charge on any atom is 0.0678 e. The van der Waals surface area contributed by atoms with E-state index in [9.17, 15) is 39.6 Å². The summed E-state index contributed by atoms with van der Waals surface area (Å²) in [6.07, 6.45) is 6.61. The first kappa shape index (κ1) is 41.6. The number of methoxy groups -OCH3 is 2. The summed E-state index contributed by atoms with van der Waals surface area (Å²) in [5.41, 5.74) is -1.06. The quantitative estimate of drug-likeness (QED) is 0.113. The van der Waals surface area contributed by atoms with E-state index < -0.39 is 23.9 Å². The van der Waals surface area contributed by atoms with E-state index in [0.717, 1.165) is 0 Å². The van der Waals surface area contributed by atoms with Crippen molar-refractivity contribution in [3.05, 3.63) is 22.3 Å². The normalized spacial score (nSPS) is 13.3. The van der Waals surface area contributed by atoms with Crippen LogP contribution in [-0.2, 0) is 28.7 Å². The van der Waals surface area contributed by atoms with Gasteiger partial charge in [-0.25, -0.2) is 0 Å². The molecule has 0 saturated heterocycles. The summed E-state index contributed by atoms with van der Waals surface area (Å²) in [4.78, 5) is 42.2. The van der Waals surface area contributed by atoms with Gasteiger partial charge in [0.2, 0.25) is 0 Å². The maximum atomic E-state index is 10.6. The molecule has 222 valence electrons. The van der Waals surface area contributed by atoms with Crippen LogP contribution >= 0.6 is 0 Å². The van der Waals surface area contributed by atoms with Crippen LogP contribution in [0, 0.1) is 0 Å². The van der Waals surface area contributed by atoms with Crippen molar-refractivity contribution < 1.29 is 49.1 Å². The van der Waals surface area contributed by atoms with Gasteiger partial charge in [0.15, 0.2) is 0 Å². The second-order valence-corrected chi connectivity index (χ2v) is 13.3.